The minimum absolute atomic E-state index is 0.765. The lowest BCUT2D eigenvalue weighted by Crippen LogP contribution is -2.05. The molecule has 0 aliphatic heterocycles. The van der Waals surface area contributed by atoms with Gasteiger partial charge in [0.15, 0.2) is 0 Å². The molecule has 0 unspecified atom stereocenters. The highest BCUT2D eigenvalue weighted by atomic mass is 16.5. The standard InChI is InChI=1S/C13H17N3O/c1-3-16-10-14-8-12(16)9-15-11-5-4-6-13(7-11)17-2/h4-8,10,15H,3,9H2,1-2H3. The van der Waals surface area contributed by atoms with Gasteiger partial charge in [-0.15, -0.1) is 0 Å². The van der Waals surface area contributed by atoms with Crippen molar-refractivity contribution in [1.82, 2.24) is 9.55 Å². The number of hydrogen-bond acceptors (Lipinski definition) is 3. The molecule has 1 N–H and O–H groups in total. The van der Waals surface area contributed by atoms with Gasteiger partial charge >= 0.3 is 0 Å². The first-order valence-corrected chi connectivity index (χ1v) is 5.70. The first-order chi connectivity index (χ1) is 8.33. The molecule has 0 spiro atoms. The van der Waals surface area contributed by atoms with E-state index in [1.165, 1.54) is 5.69 Å². The summed E-state index contributed by atoms with van der Waals surface area (Å²) >= 11 is 0. The maximum Gasteiger partial charge on any atom is 0.120 e. The Morgan fingerprint density at radius 1 is 1.41 bits per heavy atom. The van der Waals surface area contributed by atoms with E-state index in [9.17, 15) is 0 Å². The van der Waals surface area contributed by atoms with E-state index in [-0.39, 0.29) is 0 Å². The van der Waals surface area contributed by atoms with Crippen molar-refractivity contribution in [3.63, 3.8) is 0 Å². The Bertz CT molecular complexity index is 479. The van der Waals surface area contributed by atoms with Gasteiger partial charge in [0.2, 0.25) is 0 Å². The molecule has 2 rings (SSSR count). The van der Waals surface area contributed by atoms with Crippen LogP contribution in [0.2, 0.25) is 0 Å². The Labute approximate surface area is 101 Å². The first kappa shape index (κ1) is 11.5. The highest BCUT2D eigenvalue weighted by molar-refractivity contribution is 5.48. The Balaban J connectivity index is 2.02. The number of ether oxygens (including phenoxy) is 1. The van der Waals surface area contributed by atoms with E-state index in [0.717, 1.165) is 24.5 Å². The number of nitrogens with zero attached hydrogens (tertiary/aromatic N) is 2. The zero-order valence-corrected chi connectivity index (χ0v) is 10.2. The number of aromatic nitrogens is 2. The van der Waals surface area contributed by atoms with Crippen molar-refractivity contribution >= 4 is 5.69 Å². The normalized spacial score (nSPS) is 10.2. The number of anilines is 1. The highest BCUT2D eigenvalue weighted by Crippen LogP contribution is 2.17. The second-order valence-corrected chi connectivity index (χ2v) is 3.76. The molecule has 0 atom stereocenters. The number of imidazole rings is 1. The molecule has 4 heteroatoms. The molecule has 2 aromatic rings. The summed E-state index contributed by atoms with van der Waals surface area (Å²) in [5.74, 6) is 0.860. The van der Waals surface area contributed by atoms with Gasteiger partial charge in [-0.05, 0) is 19.1 Å². The number of nitrogens with one attached hydrogen (secondary N) is 1. The summed E-state index contributed by atoms with van der Waals surface area (Å²) in [7, 11) is 1.67. The molecule has 0 bridgehead atoms. The van der Waals surface area contributed by atoms with Gasteiger partial charge in [-0.2, -0.15) is 0 Å². The van der Waals surface area contributed by atoms with Crippen LogP contribution in [-0.2, 0) is 13.1 Å². The molecule has 90 valence electrons. The third kappa shape index (κ3) is 2.78. The second kappa shape index (κ2) is 5.39. The Morgan fingerprint density at radius 3 is 3.06 bits per heavy atom. The average Bonchev–Trinajstić information content (AvgIpc) is 2.84. The minimum atomic E-state index is 0.765. The van der Waals surface area contributed by atoms with Crippen LogP contribution in [0.25, 0.3) is 0 Å². The fourth-order valence-corrected chi connectivity index (χ4v) is 1.71. The predicted molar refractivity (Wildman–Crippen MR) is 68.2 cm³/mol. The van der Waals surface area contributed by atoms with Crippen molar-refractivity contribution in [3.8, 4) is 5.75 Å². The van der Waals surface area contributed by atoms with Crippen molar-refractivity contribution in [3.05, 3.63) is 42.5 Å². The maximum atomic E-state index is 5.18. The van der Waals surface area contributed by atoms with E-state index < -0.39 is 0 Å². The maximum absolute atomic E-state index is 5.18. The van der Waals surface area contributed by atoms with Gasteiger partial charge < -0.3 is 14.6 Å². The van der Waals surface area contributed by atoms with Crippen LogP contribution in [0.15, 0.2) is 36.8 Å². The molecule has 0 radical (unpaired) electrons. The van der Waals surface area contributed by atoms with E-state index in [1.54, 1.807) is 7.11 Å². The smallest absolute Gasteiger partial charge is 0.120 e. The molecular weight excluding hydrogens is 214 g/mol. The van der Waals surface area contributed by atoms with Crippen LogP contribution < -0.4 is 10.1 Å². The fourth-order valence-electron chi connectivity index (χ4n) is 1.71. The van der Waals surface area contributed by atoms with Crippen LogP contribution in [0.5, 0.6) is 5.75 Å². The van der Waals surface area contributed by atoms with Gasteiger partial charge in [0.25, 0.3) is 0 Å². The summed E-state index contributed by atoms with van der Waals surface area (Å²) in [6.07, 6.45) is 3.74. The van der Waals surface area contributed by atoms with Crippen LogP contribution in [0.1, 0.15) is 12.6 Å². The molecule has 1 aromatic carbocycles. The number of hydrogen-bond donors (Lipinski definition) is 1. The number of methoxy groups -OCH3 is 1. The molecule has 0 amide bonds. The third-order valence-corrected chi connectivity index (χ3v) is 2.68. The molecule has 1 aromatic heterocycles. The van der Waals surface area contributed by atoms with Crippen molar-refractivity contribution < 1.29 is 4.74 Å². The van der Waals surface area contributed by atoms with Crippen molar-refractivity contribution in [1.29, 1.82) is 0 Å². The van der Waals surface area contributed by atoms with Crippen molar-refractivity contribution in [2.75, 3.05) is 12.4 Å². The fraction of sp³-hybridized carbons (Fsp3) is 0.308. The molecule has 0 aliphatic carbocycles. The molecule has 0 saturated heterocycles. The summed E-state index contributed by atoms with van der Waals surface area (Å²) in [4.78, 5) is 4.14. The zero-order chi connectivity index (χ0) is 12.1. The molecule has 4 nitrogen and oxygen atoms in total. The van der Waals surface area contributed by atoms with Gasteiger partial charge in [-0.1, -0.05) is 6.07 Å². The van der Waals surface area contributed by atoms with Gasteiger partial charge in [0.05, 0.1) is 25.7 Å². The Kier molecular flexibility index (Phi) is 3.65. The van der Waals surface area contributed by atoms with Gasteiger partial charge in [0.1, 0.15) is 5.75 Å². The molecule has 17 heavy (non-hydrogen) atoms. The van der Waals surface area contributed by atoms with E-state index in [1.807, 2.05) is 36.8 Å². The van der Waals surface area contributed by atoms with E-state index >= 15 is 0 Å². The third-order valence-electron chi connectivity index (χ3n) is 2.68. The van der Waals surface area contributed by atoms with E-state index in [2.05, 4.69) is 21.8 Å². The SMILES string of the molecule is CCn1cncc1CNc1cccc(OC)c1. The van der Waals surface area contributed by atoms with Crippen LogP contribution >= 0.6 is 0 Å². The Morgan fingerprint density at radius 2 is 2.29 bits per heavy atom. The van der Waals surface area contributed by atoms with Gasteiger partial charge in [0, 0.05) is 24.5 Å². The molecule has 0 saturated carbocycles. The summed E-state index contributed by atoms with van der Waals surface area (Å²) in [6, 6.07) is 7.90. The highest BCUT2D eigenvalue weighted by Gasteiger charge is 2.00. The molecular formula is C13H17N3O. The summed E-state index contributed by atoms with van der Waals surface area (Å²) in [6.45, 7) is 3.81. The topological polar surface area (TPSA) is 39.1 Å². The number of aryl methyl sites for hydroxylation is 1. The lowest BCUT2D eigenvalue weighted by Gasteiger charge is -2.09. The number of benzene rings is 1. The lowest BCUT2D eigenvalue weighted by molar-refractivity contribution is 0.415. The largest absolute Gasteiger partial charge is 0.497 e. The average molecular weight is 231 g/mol. The first-order valence-electron chi connectivity index (χ1n) is 5.70. The van der Waals surface area contributed by atoms with Crippen LogP contribution in [0.4, 0.5) is 5.69 Å². The van der Waals surface area contributed by atoms with Crippen molar-refractivity contribution in [2.24, 2.45) is 0 Å². The van der Waals surface area contributed by atoms with Gasteiger partial charge in [-0.25, -0.2) is 4.98 Å². The molecule has 0 aliphatic rings. The van der Waals surface area contributed by atoms with E-state index in [4.69, 9.17) is 4.74 Å². The molecule has 0 fully saturated rings. The summed E-state index contributed by atoms with van der Waals surface area (Å²) < 4.78 is 7.30. The van der Waals surface area contributed by atoms with Crippen molar-refractivity contribution in [2.45, 2.75) is 20.0 Å². The predicted octanol–water partition coefficient (Wildman–Crippen LogP) is 2.52. The van der Waals surface area contributed by atoms with Crippen LogP contribution in [0, 0.1) is 0 Å². The minimum Gasteiger partial charge on any atom is -0.497 e. The lowest BCUT2D eigenvalue weighted by atomic mass is 10.3. The quantitative estimate of drug-likeness (QED) is 0.859. The van der Waals surface area contributed by atoms with E-state index in [0.29, 0.717) is 0 Å². The monoisotopic (exact) mass is 231 g/mol. The molecule has 1 heterocycles. The summed E-state index contributed by atoms with van der Waals surface area (Å²) in [5, 5.41) is 3.36. The Hall–Kier alpha value is -1.97. The van der Waals surface area contributed by atoms with Gasteiger partial charge in [-0.3, -0.25) is 0 Å². The van der Waals surface area contributed by atoms with Crippen LogP contribution in [0.3, 0.4) is 0 Å². The van der Waals surface area contributed by atoms with Crippen LogP contribution in [-0.4, -0.2) is 16.7 Å². The number of rotatable bonds is 5. The zero-order valence-electron chi connectivity index (χ0n) is 10.2. The second-order valence-electron chi connectivity index (χ2n) is 3.76. The summed E-state index contributed by atoms with van der Waals surface area (Å²) in [5.41, 5.74) is 2.23.